The molecule has 0 bridgehead atoms. The number of hydrogen-bond acceptors (Lipinski definition) is 2. The summed E-state index contributed by atoms with van der Waals surface area (Å²) in [7, 11) is 0. The number of allylic oxidation sites excluding steroid dienone is 2. The fourth-order valence-corrected chi connectivity index (χ4v) is 1.66. The molecule has 0 amide bonds. The number of ether oxygens (including phenoxy) is 1. The maximum Gasteiger partial charge on any atom is 0.308 e. The average molecular weight is 182 g/mol. The van der Waals surface area contributed by atoms with Crippen molar-refractivity contribution in [1.29, 1.82) is 0 Å². The second-order valence-electron chi connectivity index (χ2n) is 3.43. The molecule has 0 aliphatic heterocycles. The minimum atomic E-state index is -0.00204. The molecule has 0 fully saturated rings. The zero-order valence-electron chi connectivity index (χ0n) is 8.29. The van der Waals surface area contributed by atoms with Gasteiger partial charge in [-0.05, 0) is 39.0 Å². The van der Waals surface area contributed by atoms with Gasteiger partial charge in [-0.25, -0.2) is 0 Å². The predicted molar refractivity (Wildman–Crippen MR) is 52.3 cm³/mol. The molecule has 0 aromatic heterocycles. The van der Waals surface area contributed by atoms with Crippen molar-refractivity contribution >= 4 is 5.97 Å². The van der Waals surface area contributed by atoms with E-state index in [1.165, 1.54) is 0 Å². The van der Waals surface area contributed by atoms with Crippen molar-refractivity contribution in [3.8, 4) is 0 Å². The molecule has 0 heterocycles. The Morgan fingerprint density at radius 2 is 2.15 bits per heavy atom. The van der Waals surface area contributed by atoms with Gasteiger partial charge in [-0.3, -0.25) is 4.79 Å². The average Bonchev–Trinajstić information content (AvgIpc) is 2.03. The Balaban J connectivity index is 2.38. The van der Waals surface area contributed by atoms with E-state index in [-0.39, 0.29) is 11.9 Å². The van der Waals surface area contributed by atoms with Gasteiger partial charge in [0.05, 0.1) is 12.5 Å². The largest absolute Gasteiger partial charge is 0.466 e. The SMILES string of the molecule is CCOC(=O)C1CCC=CCCC1. The fourth-order valence-electron chi connectivity index (χ4n) is 1.66. The lowest BCUT2D eigenvalue weighted by Crippen LogP contribution is -2.18. The highest BCUT2D eigenvalue weighted by Crippen LogP contribution is 2.19. The van der Waals surface area contributed by atoms with Gasteiger partial charge in [0.2, 0.25) is 0 Å². The smallest absolute Gasteiger partial charge is 0.308 e. The van der Waals surface area contributed by atoms with Crippen molar-refractivity contribution in [3.63, 3.8) is 0 Å². The fraction of sp³-hybridized carbons (Fsp3) is 0.727. The summed E-state index contributed by atoms with van der Waals surface area (Å²) in [6, 6.07) is 0. The summed E-state index contributed by atoms with van der Waals surface area (Å²) >= 11 is 0. The molecule has 13 heavy (non-hydrogen) atoms. The Hall–Kier alpha value is -0.790. The van der Waals surface area contributed by atoms with Crippen molar-refractivity contribution in [2.75, 3.05) is 6.61 Å². The Labute approximate surface area is 80.0 Å². The molecule has 1 aliphatic carbocycles. The van der Waals surface area contributed by atoms with Gasteiger partial charge in [0.15, 0.2) is 0 Å². The molecular formula is C11H18O2. The molecule has 0 radical (unpaired) electrons. The maximum absolute atomic E-state index is 11.4. The molecule has 1 atom stereocenters. The molecular weight excluding hydrogens is 164 g/mol. The van der Waals surface area contributed by atoms with Gasteiger partial charge in [0.1, 0.15) is 0 Å². The maximum atomic E-state index is 11.4. The summed E-state index contributed by atoms with van der Waals surface area (Å²) in [4.78, 5) is 11.4. The highest BCUT2D eigenvalue weighted by atomic mass is 16.5. The first-order valence-electron chi connectivity index (χ1n) is 5.16. The van der Waals surface area contributed by atoms with Crippen molar-refractivity contribution in [2.45, 2.75) is 39.0 Å². The van der Waals surface area contributed by atoms with Crippen LogP contribution in [0, 0.1) is 5.92 Å². The number of esters is 1. The van der Waals surface area contributed by atoms with Gasteiger partial charge in [0, 0.05) is 0 Å². The topological polar surface area (TPSA) is 26.3 Å². The summed E-state index contributed by atoms with van der Waals surface area (Å²) in [6.07, 6.45) is 9.56. The van der Waals surface area contributed by atoms with Crippen LogP contribution in [0.1, 0.15) is 39.0 Å². The first-order valence-corrected chi connectivity index (χ1v) is 5.16. The third-order valence-electron chi connectivity index (χ3n) is 2.39. The lowest BCUT2D eigenvalue weighted by atomic mass is 9.94. The van der Waals surface area contributed by atoms with Crippen LogP contribution < -0.4 is 0 Å². The van der Waals surface area contributed by atoms with E-state index < -0.39 is 0 Å². The Morgan fingerprint density at radius 1 is 1.38 bits per heavy atom. The molecule has 0 spiro atoms. The molecule has 1 aliphatic rings. The molecule has 0 saturated carbocycles. The van der Waals surface area contributed by atoms with Crippen molar-refractivity contribution in [1.82, 2.24) is 0 Å². The summed E-state index contributed by atoms with van der Waals surface area (Å²) < 4.78 is 5.01. The van der Waals surface area contributed by atoms with Crippen LogP contribution >= 0.6 is 0 Å². The third-order valence-corrected chi connectivity index (χ3v) is 2.39. The number of carbonyl (C=O) groups excluding carboxylic acids is 1. The van der Waals surface area contributed by atoms with Crippen molar-refractivity contribution < 1.29 is 9.53 Å². The molecule has 2 nitrogen and oxygen atoms in total. The lowest BCUT2D eigenvalue weighted by Gasteiger charge is -2.15. The van der Waals surface area contributed by atoms with Gasteiger partial charge in [0.25, 0.3) is 0 Å². The highest BCUT2D eigenvalue weighted by Gasteiger charge is 2.18. The Bertz CT molecular complexity index is 185. The van der Waals surface area contributed by atoms with Crippen LogP contribution in [0.25, 0.3) is 0 Å². The van der Waals surface area contributed by atoms with Crippen LogP contribution in [0.5, 0.6) is 0 Å². The van der Waals surface area contributed by atoms with Crippen LogP contribution in [0.3, 0.4) is 0 Å². The van der Waals surface area contributed by atoms with Crippen LogP contribution in [0.2, 0.25) is 0 Å². The zero-order valence-corrected chi connectivity index (χ0v) is 8.29. The van der Waals surface area contributed by atoms with Gasteiger partial charge >= 0.3 is 5.97 Å². The van der Waals surface area contributed by atoms with Gasteiger partial charge < -0.3 is 4.74 Å². The van der Waals surface area contributed by atoms with Gasteiger partial charge in [-0.1, -0.05) is 12.2 Å². The van der Waals surface area contributed by atoms with E-state index in [0.717, 1.165) is 32.1 Å². The third kappa shape index (κ3) is 3.62. The second-order valence-corrected chi connectivity index (χ2v) is 3.43. The normalized spacial score (nSPS) is 23.3. The second kappa shape index (κ2) is 5.79. The standard InChI is InChI=1S/C11H18O2/c1-2-13-11(12)10-8-6-4-3-5-7-9-10/h3-4,10H,2,5-9H2,1H3. The number of rotatable bonds is 2. The zero-order chi connectivity index (χ0) is 9.52. The molecule has 2 heteroatoms. The number of carbonyl (C=O) groups is 1. The lowest BCUT2D eigenvalue weighted by molar-refractivity contribution is -0.148. The van der Waals surface area contributed by atoms with E-state index in [0.29, 0.717) is 6.61 Å². The summed E-state index contributed by atoms with van der Waals surface area (Å²) in [6.45, 7) is 2.37. The van der Waals surface area contributed by atoms with E-state index >= 15 is 0 Å². The van der Waals surface area contributed by atoms with Crippen LogP contribution in [-0.2, 0) is 9.53 Å². The molecule has 74 valence electrons. The van der Waals surface area contributed by atoms with Crippen molar-refractivity contribution in [3.05, 3.63) is 12.2 Å². The highest BCUT2D eigenvalue weighted by molar-refractivity contribution is 5.72. The van der Waals surface area contributed by atoms with Gasteiger partial charge in [-0.15, -0.1) is 0 Å². The minimum Gasteiger partial charge on any atom is -0.466 e. The van der Waals surface area contributed by atoms with E-state index in [1.54, 1.807) is 0 Å². The first-order chi connectivity index (χ1) is 6.34. The molecule has 1 rings (SSSR count). The van der Waals surface area contributed by atoms with E-state index in [2.05, 4.69) is 12.2 Å². The Morgan fingerprint density at radius 3 is 2.92 bits per heavy atom. The molecule has 0 N–H and O–H groups in total. The summed E-state index contributed by atoms with van der Waals surface area (Å²) in [5.41, 5.74) is 0. The monoisotopic (exact) mass is 182 g/mol. The van der Waals surface area contributed by atoms with Crippen LogP contribution in [0.4, 0.5) is 0 Å². The molecule has 0 aromatic rings. The first kappa shape index (κ1) is 10.3. The molecule has 0 saturated heterocycles. The van der Waals surface area contributed by atoms with Crippen molar-refractivity contribution in [2.24, 2.45) is 5.92 Å². The molecule has 1 unspecified atom stereocenters. The quantitative estimate of drug-likeness (QED) is 0.485. The van der Waals surface area contributed by atoms with E-state index in [1.807, 2.05) is 6.92 Å². The van der Waals surface area contributed by atoms with Gasteiger partial charge in [-0.2, -0.15) is 0 Å². The number of hydrogen-bond donors (Lipinski definition) is 0. The molecule has 0 aromatic carbocycles. The van der Waals surface area contributed by atoms with Crippen LogP contribution in [0.15, 0.2) is 12.2 Å². The van der Waals surface area contributed by atoms with E-state index in [9.17, 15) is 4.79 Å². The summed E-state index contributed by atoms with van der Waals surface area (Å²) in [5, 5.41) is 0. The minimum absolute atomic E-state index is 0.00204. The Kier molecular flexibility index (Phi) is 4.58. The van der Waals surface area contributed by atoms with Crippen LogP contribution in [-0.4, -0.2) is 12.6 Å². The predicted octanol–water partition coefficient (Wildman–Crippen LogP) is 2.69. The van der Waals surface area contributed by atoms with E-state index in [4.69, 9.17) is 4.74 Å². The summed E-state index contributed by atoms with van der Waals surface area (Å²) in [5.74, 6) is 0.141.